The molecule has 2 fully saturated rings. The quantitative estimate of drug-likeness (QED) is 0.110. The highest BCUT2D eigenvalue weighted by Gasteiger charge is 2.85. The molecule has 5 nitrogen and oxygen atoms in total. The molecule has 0 amide bonds. The third kappa shape index (κ3) is 8.73. The monoisotopic (exact) mass is 749 g/mol. The van der Waals surface area contributed by atoms with Gasteiger partial charge in [-0.2, -0.15) is 39.5 Å². The zero-order valence-corrected chi connectivity index (χ0v) is 29.8. The summed E-state index contributed by atoms with van der Waals surface area (Å²) in [4.78, 5) is 13.6. The smallest absolute Gasteiger partial charge is 0.435 e. The van der Waals surface area contributed by atoms with Gasteiger partial charge in [-0.05, 0) is 117 Å². The molecular weight excluding hydrogens is 701 g/mol. The number of halogens is 9. The minimum atomic E-state index is -6.74. The Morgan fingerprint density at radius 1 is 0.920 bits per heavy atom. The number of benzene rings is 1. The van der Waals surface area contributed by atoms with Crippen LogP contribution >= 0.6 is 12.6 Å². The van der Waals surface area contributed by atoms with Crippen LogP contribution in [-0.2, 0) is 20.7 Å². The van der Waals surface area contributed by atoms with Gasteiger partial charge in [0.25, 0.3) is 0 Å². The summed E-state index contributed by atoms with van der Waals surface area (Å²) < 4.78 is 134. The van der Waals surface area contributed by atoms with E-state index >= 15 is 0 Å². The predicted molar refractivity (Wildman–Crippen MR) is 172 cm³/mol. The molecule has 2 saturated carbocycles. The topological polar surface area (TPSA) is 48.0 Å². The van der Waals surface area contributed by atoms with Gasteiger partial charge in [-0.3, -0.25) is 4.79 Å². The van der Waals surface area contributed by atoms with Crippen LogP contribution in [0, 0.1) is 22.7 Å². The van der Waals surface area contributed by atoms with E-state index in [0.717, 1.165) is 57.4 Å². The summed E-state index contributed by atoms with van der Waals surface area (Å²) in [5.41, 5.74) is -4.08. The maximum absolute atomic E-state index is 13.1. The molecular formula is C35H48F9NO4S. The van der Waals surface area contributed by atoms with Crippen molar-refractivity contribution in [1.29, 1.82) is 0 Å². The van der Waals surface area contributed by atoms with Crippen molar-refractivity contribution < 1.29 is 58.5 Å². The van der Waals surface area contributed by atoms with Crippen molar-refractivity contribution in [2.75, 3.05) is 40.0 Å². The number of alkyl halides is 9. The van der Waals surface area contributed by atoms with Crippen LogP contribution in [-0.4, -0.2) is 80.2 Å². The van der Waals surface area contributed by atoms with E-state index in [1.165, 1.54) is 11.1 Å². The molecule has 0 spiro atoms. The summed E-state index contributed by atoms with van der Waals surface area (Å²) in [6.07, 6.45) is -14.8. The number of nitrogens with zero attached hydrogens (tertiary/aromatic N) is 1. The second-order valence-electron chi connectivity index (χ2n) is 15.3. The first kappa shape index (κ1) is 41.1. The van der Waals surface area contributed by atoms with E-state index in [2.05, 4.69) is 55.2 Å². The largest absolute Gasteiger partial charge is 0.492 e. The number of aryl methyl sites for hydroxylation is 1. The minimum absolute atomic E-state index is 0.111. The summed E-state index contributed by atoms with van der Waals surface area (Å²) in [5.74, 6) is 1.84. The molecule has 3 aliphatic carbocycles. The van der Waals surface area contributed by atoms with Crippen LogP contribution in [0.3, 0.4) is 0 Å². The van der Waals surface area contributed by atoms with Crippen molar-refractivity contribution in [2.45, 2.75) is 115 Å². The van der Waals surface area contributed by atoms with E-state index in [-0.39, 0.29) is 28.7 Å². The SMILES string of the molecule is CN(CCOc1ccc2c(c1)CC[C@@H]1[C@@H]2CC[C@]2(C)[C@@H](OCCCOC(C(F)(F)F)(C(F)(F)F)C(F)(F)F)CC[C@@H]12)CCC(C)(C)CC(=O)S. The number of ether oxygens (including phenoxy) is 3. The van der Waals surface area contributed by atoms with Gasteiger partial charge in [0.15, 0.2) is 5.12 Å². The van der Waals surface area contributed by atoms with Crippen molar-refractivity contribution in [3.63, 3.8) is 0 Å². The molecule has 4 rings (SSSR count). The maximum atomic E-state index is 13.1. The van der Waals surface area contributed by atoms with Gasteiger partial charge in [-0.1, -0.05) is 26.8 Å². The third-order valence-electron chi connectivity index (χ3n) is 11.3. The molecule has 286 valence electrons. The Bertz CT molecular complexity index is 1280. The highest BCUT2D eigenvalue weighted by atomic mass is 32.1. The van der Waals surface area contributed by atoms with Gasteiger partial charge in [0.2, 0.25) is 0 Å². The summed E-state index contributed by atoms with van der Waals surface area (Å²) in [6.45, 7) is 6.57. The van der Waals surface area contributed by atoms with Crippen LogP contribution in [0.4, 0.5) is 39.5 Å². The van der Waals surface area contributed by atoms with Crippen LogP contribution in [0.1, 0.15) is 89.2 Å². The molecule has 0 aromatic heterocycles. The Labute approximate surface area is 293 Å². The van der Waals surface area contributed by atoms with E-state index in [4.69, 9.17) is 9.47 Å². The fourth-order valence-corrected chi connectivity index (χ4v) is 8.96. The number of rotatable bonds is 15. The Morgan fingerprint density at radius 2 is 1.58 bits per heavy atom. The Balaban J connectivity index is 1.28. The van der Waals surface area contributed by atoms with Crippen molar-refractivity contribution in [1.82, 2.24) is 4.90 Å². The molecule has 1 aromatic carbocycles. The molecule has 0 aliphatic heterocycles. The van der Waals surface area contributed by atoms with Gasteiger partial charge in [-0.15, -0.1) is 12.6 Å². The van der Waals surface area contributed by atoms with E-state index < -0.39 is 37.2 Å². The third-order valence-corrected chi connectivity index (χ3v) is 11.4. The van der Waals surface area contributed by atoms with E-state index in [1.54, 1.807) is 0 Å². The molecule has 1 aromatic rings. The number of thiol groups is 1. The predicted octanol–water partition coefficient (Wildman–Crippen LogP) is 9.33. The first-order valence-corrected chi connectivity index (χ1v) is 17.6. The number of hydrogen-bond acceptors (Lipinski definition) is 5. The first-order chi connectivity index (χ1) is 23.0. The number of hydrogen-bond donors (Lipinski definition) is 1. The van der Waals surface area contributed by atoms with Gasteiger partial charge < -0.3 is 19.1 Å². The molecule has 50 heavy (non-hydrogen) atoms. The van der Waals surface area contributed by atoms with Gasteiger partial charge in [-0.25, -0.2) is 0 Å². The van der Waals surface area contributed by atoms with Gasteiger partial charge >= 0.3 is 24.1 Å². The first-order valence-electron chi connectivity index (χ1n) is 17.1. The number of carbonyl (C=O) groups is 1. The van der Waals surface area contributed by atoms with Gasteiger partial charge in [0, 0.05) is 19.6 Å². The van der Waals surface area contributed by atoms with Crippen molar-refractivity contribution in [3.8, 4) is 5.75 Å². The molecule has 0 N–H and O–H groups in total. The molecule has 0 bridgehead atoms. The van der Waals surface area contributed by atoms with Crippen molar-refractivity contribution >= 4 is 17.7 Å². The number of carbonyl (C=O) groups excluding carboxylic acids is 1. The van der Waals surface area contributed by atoms with E-state index in [9.17, 15) is 44.3 Å². The fraction of sp³-hybridized carbons (Fsp3) is 0.800. The average Bonchev–Trinajstić information content (AvgIpc) is 3.31. The lowest BCUT2D eigenvalue weighted by Crippen LogP contribution is -2.67. The van der Waals surface area contributed by atoms with Gasteiger partial charge in [0.05, 0.1) is 12.7 Å². The molecule has 0 saturated heterocycles. The summed E-state index contributed by atoms with van der Waals surface area (Å²) >= 11 is 3.90. The summed E-state index contributed by atoms with van der Waals surface area (Å²) in [5, 5.41) is -0.111. The fourth-order valence-electron chi connectivity index (χ4n) is 8.53. The lowest BCUT2D eigenvalue weighted by atomic mass is 9.55. The van der Waals surface area contributed by atoms with E-state index in [0.29, 0.717) is 37.2 Å². The summed E-state index contributed by atoms with van der Waals surface area (Å²) in [6, 6.07) is 6.27. The standard InChI is InChI=1S/C35H48F9NO4S/c1-30(2,21-29(46)50)14-15-45(4)16-19-47-23-7-9-24-22(20-23)6-8-26-25(24)12-13-31(3)27(26)10-11-28(31)48-17-5-18-49-32(33(36,37)38,34(39,40)41)35(42,43)44/h7,9,20,25-28H,5-6,8,10-19,21H2,1-4H3,(H,46,50)/t25-,26-,27+,28+,31+/m1/s1. The Kier molecular flexibility index (Phi) is 12.6. The number of fused-ring (bicyclic) bond motifs is 5. The Hall–Kier alpha value is -1.71. The van der Waals surface area contributed by atoms with Gasteiger partial charge in [0.1, 0.15) is 12.4 Å². The molecule has 3 aliphatic rings. The zero-order valence-electron chi connectivity index (χ0n) is 28.9. The maximum Gasteiger partial charge on any atom is 0.435 e. The minimum Gasteiger partial charge on any atom is -0.492 e. The lowest BCUT2D eigenvalue weighted by Gasteiger charge is -2.50. The molecule has 0 unspecified atom stereocenters. The molecule has 5 atom stereocenters. The molecule has 15 heteroatoms. The lowest BCUT2D eigenvalue weighted by molar-refractivity contribution is -0.457. The second kappa shape index (κ2) is 15.3. The second-order valence-corrected chi connectivity index (χ2v) is 15.8. The van der Waals surface area contributed by atoms with E-state index in [1.807, 2.05) is 13.1 Å². The summed E-state index contributed by atoms with van der Waals surface area (Å²) in [7, 11) is 2.02. The van der Waals surface area contributed by atoms with Crippen LogP contribution in [0.25, 0.3) is 0 Å². The highest BCUT2D eigenvalue weighted by Crippen LogP contribution is 2.62. The van der Waals surface area contributed by atoms with Crippen molar-refractivity contribution in [3.05, 3.63) is 29.3 Å². The number of likely N-dealkylation sites (N-methyl/N-ethyl adjacent to an activating group) is 1. The zero-order chi connectivity index (χ0) is 37.3. The van der Waals surface area contributed by atoms with Crippen molar-refractivity contribution in [2.24, 2.45) is 22.7 Å². The normalized spacial score (nSPS) is 26.1. The molecule has 0 radical (unpaired) electrons. The van der Waals surface area contributed by atoms with Crippen LogP contribution in [0.15, 0.2) is 18.2 Å². The van der Waals surface area contributed by atoms with Crippen LogP contribution in [0.2, 0.25) is 0 Å². The highest BCUT2D eigenvalue weighted by molar-refractivity contribution is 7.96. The van der Waals surface area contributed by atoms with Crippen LogP contribution < -0.4 is 4.74 Å². The van der Waals surface area contributed by atoms with Crippen LogP contribution in [0.5, 0.6) is 5.75 Å². The Morgan fingerprint density at radius 3 is 2.20 bits per heavy atom. The average molecular weight is 750 g/mol. The molecule has 0 heterocycles.